The second-order valence-corrected chi connectivity index (χ2v) is 6.51. The Morgan fingerprint density at radius 2 is 2.16 bits per heavy atom. The summed E-state index contributed by atoms with van der Waals surface area (Å²) in [6.45, 7) is 6.78. The lowest BCUT2D eigenvalue weighted by atomic mass is 9.96. The average molecular weight is 282 g/mol. The summed E-state index contributed by atoms with van der Waals surface area (Å²) < 4.78 is 0. The van der Waals surface area contributed by atoms with Gasteiger partial charge in [-0.05, 0) is 31.6 Å². The fraction of sp³-hybridized carbons (Fsp3) is 0.800. The van der Waals surface area contributed by atoms with Crippen molar-refractivity contribution in [3.05, 3.63) is 10.6 Å². The number of hydrogen-bond acceptors (Lipinski definition) is 4. The first-order chi connectivity index (χ1) is 9.28. The minimum absolute atomic E-state index is 0.132. The second kappa shape index (κ2) is 7.25. The van der Waals surface area contributed by atoms with Gasteiger partial charge in [-0.1, -0.05) is 38.0 Å². The third kappa shape index (κ3) is 3.69. The van der Waals surface area contributed by atoms with Gasteiger partial charge < -0.3 is 10.0 Å². The lowest BCUT2D eigenvalue weighted by Gasteiger charge is -2.19. The molecule has 1 unspecified atom stereocenters. The van der Waals surface area contributed by atoms with Crippen LogP contribution in [0.5, 0.6) is 0 Å². The molecule has 2 heterocycles. The third-order valence-electron chi connectivity index (χ3n) is 4.06. The SMILES string of the molecule is CCCC1CCCN(c2nc(CC)c(CO)s2)CC1. The average Bonchev–Trinajstić information content (AvgIpc) is 2.71. The number of aliphatic hydroxyl groups excluding tert-OH is 1. The zero-order valence-electron chi connectivity index (χ0n) is 12.2. The monoisotopic (exact) mass is 282 g/mol. The number of rotatable bonds is 5. The van der Waals surface area contributed by atoms with Crippen LogP contribution in [0.1, 0.15) is 56.5 Å². The lowest BCUT2D eigenvalue weighted by molar-refractivity contribution is 0.284. The predicted molar refractivity (Wildman–Crippen MR) is 81.9 cm³/mol. The first kappa shape index (κ1) is 14.8. The smallest absolute Gasteiger partial charge is 0.185 e. The van der Waals surface area contributed by atoms with E-state index >= 15 is 0 Å². The van der Waals surface area contributed by atoms with Crippen LogP contribution in [0.15, 0.2) is 0 Å². The molecule has 1 saturated heterocycles. The minimum Gasteiger partial charge on any atom is -0.391 e. The largest absolute Gasteiger partial charge is 0.391 e. The van der Waals surface area contributed by atoms with E-state index in [1.54, 1.807) is 11.3 Å². The van der Waals surface area contributed by atoms with Crippen LogP contribution < -0.4 is 4.90 Å². The van der Waals surface area contributed by atoms with Gasteiger partial charge in [-0.25, -0.2) is 4.98 Å². The van der Waals surface area contributed by atoms with Gasteiger partial charge in [0.25, 0.3) is 0 Å². The number of aryl methyl sites for hydroxylation is 1. The number of anilines is 1. The molecule has 1 atom stereocenters. The Bertz CT molecular complexity index is 370. The molecule has 1 aliphatic rings. The Morgan fingerprint density at radius 1 is 1.32 bits per heavy atom. The van der Waals surface area contributed by atoms with Crippen LogP contribution in [-0.4, -0.2) is 23.2 Å². The molecular weight excluding hydrogens is 256 g/mol. The summed E-state index contributed by atoms with van der Waals surface area (Å²) >= 11 is 1.68. The quantitative estimate of drug-likeness (QED) is 0.896. The zero-order chi connectivity index (χ0) is 13.7. The van der Waals surface area contributed by atoms with E-state index in [0.29, 0.717) is 0 Å². The second-order valence-electron chi connectivity index (χ2n) is 5.45. The van der Waals surface area contributed by atoms with Gasteiger partial charge in [0, 0.05) is 13.1 Å². The maximum atomic E-state index is 9.38. The molecule has 0 amide bonds. The molecule has 19 heavy (non-hydrogen) atoms. The summed E-state index contributed by atoms with van der Waals surface area (Å²) in [6.07, 6.45) is 7.52. The Morgan fingerprint density at radius 3 is 2.79 bits per heavy atom. The fourth-order valence-corrected chi connectivity index (χ4v) is 4.02. The van der Waals surface area contributed by atoms with Crippen molar-refractivity contribution in [2.24, 2.45) is 5.92 Å². The highest BCUT2D eigenvalue weighted by Gasteiger charge is 2.20. The molecule has 0 aliphatic carbocycles. The zero-order valence-corrected chi connectivity index (χ0v) is 13.0. The van der Waals surface area contributed by atoms with Crippen LogP contribution in [0.3, 0.4) is 0 Å². The van der Waals surface area contributed by atoms with Crippen LogP contribution in [0, 0.1) is 5.92 Å². The standard InChI is InChI=1S/C15H26N2OS/c1-3-6-12-7-5-9-17(10-8-12)15-16-13(4-2)14(11-18)19-15/h12,18H,3-11H2,1-2H3. The number of aliphatic hydroxyl groups is 1. The summed E-state index contributed by atoms with van der Waals surface area (Å²) in [5, 5.41) is 10.5. The van der Waals surface area contributed by atoms with Crippen LogP contribution in [0.2, 0.25) is 0 Å². The molecule has 1 aromatic rings. The number of hydrogen-bond donors (Lipinski definition) is 1. The fourth-order valence-electron chi connectivity index (χ4n) is 2.96. The van der Waals surface area contributed by atoms with Gasteiger partial charge in [0.15, 0.2) is 5.13 Å². The van der Waals surface area contributed by atoms with Crippen molar-refractivity contribution >= 4 is 16.5 Å². The van der Waals surface area contributed by atoms with E-state index in [-0.39, 0.29) is 6.61 Å². The van der Waals surface area contributed by atoms with Crippen LogP contribution in [0.4, 0.5) is 5.13 Å². The normalized spacial score (nSPS) is 20.6. The molecule has 1 N–H and O–H groups in total. The first-order valence-corrected chi connectivity index (χ1v) is 8.44. The van der Waals surface area contributed by atoms with Crippen molar-refractivity contribution in [2.45, 2.75) is 59.0 Å². The van der Waals surface area contributed by atoms with Crippen LogP contribution >= 0.6 is 11.3 Å². The molecule has 0 aromatic carbocycles. The summed E-state index contributed by atoms with van der Waals surface area (Å²) in [6, 6.07) is 0. The van der Waals surface area contributed by atoms with Gasteiger partial charge >= 0.3 is 0 Å². The number of aromatic nitrogens is 1. The molecule has 1 aromatic heterocycles. The van der Waals surface area contributed by atoms with E-state index in [1.165, 1.54) is 32.1 Å². The van der Waals surface area contributed by atoms with Crippen molar-refractivity contribution in [3.63, 3.8) is 0 Å². The minimum atomic E-state index is 0.132. The van der Waals surface area contributed by atoms with Gasteiger partial charge in [-0.3, -0.25) is 0 Å². The van der Waals surface area contributed by atoms with E-state index in [9.17, 15) is 5.11 Å². The van der Waals surface area contributed by atoms with Crippen molar-refractivity contribution in [1.29, 1.82) is 0 Å². The molecule has 0 saturated carbocycles. The van der Waals surface area contributed by atoms with E-state index < -0.39 is 0 Å². The third-order valence-corrected chi connectivity index (χ3v) is 5.20. The molecular formula is C15H26N2OS. The summed E-state index contributed by atoms with van der Waals surface area (Å²) in [7, 11) is 0. The lowest BCUT2D eigenvalue weighted by Crippen LogP contribution is -2.24. The van der Waals surface area contributed by atoms with Crippen molar-refractivity contribution < 1.29 is 5.11 Å². The topological polar surface area (TPSA) is 36.4 Å². The van der Waals surface area contributed by atoms with Gasteiger partial charge in [0.2, 0.25) is 0 Å². The molecule has 1 fully saturated rings. The van der Waals surface area contributed by atoms with Crippen molar-refractivity contribution in [2.75, 3.05) is 18.0 Å². The summed E-state index contributed by atoms with van der Waals surface area (Å²) in [5.74, 6) is 0.901. The Kier molecular flexibility index (Phi) is 5.64. The van der Waals surface area contributed by atoms with Crippen LogP contribution in [-0.2, 0) is 13.0 Å². The van der Waals surface area contributed by atoms with E-state index in [4.69, 9.17) is 4.98 Å². The Labute approximate surface area is 120 Å². The van der Waals surface area contributed by atoms with Gasteiger partial charge in [-0.15, -0.1) is 0 Å². The Balaban J connectivity index is 2.03. The molecule has 2 rings (SSSR count). The predicted octanol–water partition coefficient (Wildman–Crippen LogP) is 3.60. The molecule has 0 bridgehead atoms. The van der Waals surface area contributed by atoms with E-state index in [1.807, 2.05) is 0 Å². The highest BCUT2D eigenvalue weighted by Crippen LogP contribution is 2.30. The van der Waals surface area contributed by atoms with Crippen molar-refractivity contribution in [1.82, 2.24) is 4.98 Å². The number of thiazole rings is 1. The molecule has 0 radical (unpaired) electrons. The Hall–Kier alpha value is -0.610. The van der Waals surface area contributed by atoms with Gasteiger partial charge in [-0.2, -0.15) is 0 Å². The molecule has 1 aliphatic heterocycles. The number of nitrogens with zero attached hydrogens (tertiary/aromatic N) is 2. The van der Waals surface area contributed by atoms with E-state index in [2.05, 4.69) is 18.7 Å². The summed E-state index contributed by atoms with van der Waals surface area (Å²) in [4.78, 5) is 8.20. The van der Waals surface area contributed by atoms with Gasteiger partial charge in [0.05, 0.1) is 17.2 Å². The van der Waals surface area contributed by atoms with Gasteiger partial charge in [0.1, 0.15) is 0 Å². The molecule has 4 heteroatoms. The highest BCUT2D eigenvalue weighted by molar-refractivity contribution is 7.15. The molecule has 3 nitrogen and oxygen atoms in total. The maximum absolute atomic E-state index is 9.38. The first-order valence-electron chi connectivity index (χ1n) is 7.62. The van der Waals surface area contributed by atoms with Crippen molar-refractivity contribution in [3.8, 4) is 0 Å². The molecule has 0 spiro atoms. The van der Waals surface area contributed by atoms with E-state index in [0.717, 1.165) is 41.1 Å². The van der Waals surface area contributed by atoms with Crippen LogP contribution in [0.25, 0.3) is 0 Å². The molecule has 108 valence electrons. The highest BCUT2D eigenvalue weighted by atomic mass is 32.1. The maximum Gasteiger partial charge on any atom is 0.185 e. The summed E-state index contributed by atoms with van der Waals surface area (Å²) in [5.41, 5.74) is 1.08.